The molecule has 1 amide bonds. The Bertz CT molecular complexity index is 874. The molecule has 0 radical (unpaired) electrons. The van der Waals surface area contributed by atoms with Gasteiger partial charge in [-0.2, -0.15) is 0 Å². The van der Waals surface area contributed by atoms with Crippen molar-refractivity contribution in [2.75, 3.05) is 21.3 Å². The lowest BCUT2D eigenvalue weighted by molar-refractivity contribution is -0.114. The number of carbonyl (C=O) groups excluding carboxylic acids is 1. The van der Waals surface area contributed by atoms with Crippen molar-refractivity contribution in [3.8, 4) is 5.75 Å². The van der Waals surface area contributed by atoms with Crippen LogP contribution in [0.3, 0.4) is 0 Å². The smallest absolute Gasteiger partial charge is 0.273 e. The maximum atomic E-state index is 12.2. The molecule has 0 aromatic heterocycles. The minimum atomic E-state index is -0.341. The van der Waals surface area contributed by atoms with Gasteiger partial charge in [0.1, 0.15) is 19.5 Å². The van der Waals surface area contributed by atoms with Gasteiger partial charge in [-0.3, -0.25) is 4.79 Å². The zero-order chi connectivity index (χ0) is 20.5. The number of amides is 1. The molecule has 0 heterocycles. The highest BCUT2D eigenvalue weighted by Gasteiger charge is 2.19. The first-order valence-corrected chi connectivity index (χ1v) is 8.74. The van der Waals surface area contributed by atoms with Gasteiger partial charge >= 0.3 is 0 Å². The number of rotatable bonds is 8. The van der Waals surface area contributed by atoms with E-state index < -0.39 is 0 Å². The average Bonchev–Trinajstić information content (AvgIpc) is 2.72. The Labute approximate surface area is 165 Å². The number of hydrogen-bond acceptors (Lipinski definition) is 6. The van der Waals surface area contributed by atoms with Crippen LogP contribution in [0, 0.1) is 6.92 Å². The van der Waals surface area contributed by atoms with E-state index in [1.54, 1.807) is 20.2 Å². The van der Waals surface area contributed by atoms with Gasteiger partial charge < -0.3 is 19.7 Å². The number of benzene rings is 2. The molecule has 0 aliphatic carbocycles. The molecule has 0 fully saturated rings. The molecule has 0 bridgehead atoms. The summed E-state index contributed by atoms with van der Waals surface area (Å²) in [5.74, 6) is 0.438. The van der Waals surface area contributed by atoms with E-state index >= 15 is 0 Å². The zero-order valence-electron chi connectivity index (χ0n) is 16.8. The summed E-state index contributed by atoms with van der Waals surface area (Å²) in [5.41, 5.74) is 4.25. The predicted octanol–water partition coefficient (Wildman–Crippen LogP) is 3.04. The maximum absolute atomic E-state index is 12.2. The van der Waals surface area contributed by atoms with E-state index in [0.29, 0.717) is 5.56 Å². The third kappa shape index (κ3) is 5.09. The Hall–Kier alpha value is -3.35. The van der Waals surface area contributed by atoms with Gasteiger partial charge in [0.05, 0.1) is 12.8 Å². The molecule has 0 unspecified atom stereocenters. The number of oxime groups is 2. The second-order valence-corrected chi connectivity index (χ2v) is 5.98. The van der Waals surface area contributed by atoms with Crippen LogP contribution in [0.15, 0.2) is 52.8 Å². The van der Waals surface area contributed by atoms with E-state index in [2.05, 4.69) is 15.6 Å². The fourth-order valence-corrected chi connectivity index (χ4v) is 2.62. The number of methoxy groups -OCH3 is 1. The molecule has 0 aliphatic heterocycles. The van der Waals surface area contributed by atoms with E-state index in [-0.39, 0.29) is 18.2 Å². The van der Waals surface area contributed by atoms with Crippen molar-refractivity contribution in [1.82, 2.24) is 5.32 Å². The molecule has 0 atom stereocenters. The molecule has 7 nitrogen and oxygen atoms in total. The number of hydrogen-bond donors (Lipinski definition) is 1. The largest absolute Gasteiger partial charge is 0.497 e. The molecule has 2 aromatic rings. The Balaban J connectivity index is 2.24. The van der Waals surface area contributed by atoms with E-state index in [0.717, 1.165) is 28.2 Å². The van der Waals surface area contributed by atoms with Crippen LogP contribution >= 0.6 is 0 Å². The first kappa shape index (κ1) is 21.0. The molecule has 1 N–H and O–H groups in total. The average molecular weight is 383 g/mol. The number of carbonyl (C=O) groups is 1. The van der Waals surface area contributed by atoms with Crippen molar-refractivity contribution in [2.24, 2.45) is 10.3 Å². The molecule has 148 valence electrons. The quantitative estimate of drug-likeness (QED) is 0.561. The highest BCUT2D eigenvalue weighted by Crippen LogP contribution is 2.18. The van der Waals surface area contributed by atoms with Crippen molar-refractivity contribution in [3.05, 3.63) is 64.7 Å². The van der Waals surface area contributed by atoms with E-state index in [4.69, 9.17) is 14.4 Å². The standard InChI is InChI=1S/C21H25N3O4/c1-14-7-6-8-18(20(24-27-5)21(25)22-3)19(14)13-28-23-15(2)16-9-11-17(26-4)12-10-16/h6-12H,13H2,1-5H3,(H,22,25)/b23-15+,24-20+. The number of nitrogens with zero attached hydrogens (tertiary/aromatic N) is 2. The molecule has 7 heteroatoms. The summed E-state index contributed by atoms with van der Waals surface area (Å²) in [6.45, 7) is 3.99. The molecule has 0 saturated carbocycles. The van der Waals surface area contributed by atoms with Crippen molar-refractivity contribution in [3.63, 3.8) is 0 Å². The van der Waals surface area contributed by atoms with Gasteiger partial charge in [-0.05, 0) is 49.2 Å². The topological polar surface area (TPSA) is 81.5 Å². The third-order valence-corrected chi connectivity index (χ3v) is 4.21. The second-order valence-electron chi connectivity index (χ2n) is 5.98. The fourth-order valence-electron chi connectivity index (χ4n) is 2.62. The van der Waals surface area contributed by atoms with Gasteiger partial charge in [-0.15, -0.1) is 0 Å². The summed E-state index contributed by atoms with van der Waals surface area (Å²) in [6.07, 6.45) is 0. The molecule has 0 aliphatic rings. The molecular formula is C21H25N3O4. The lowest BCUT2D eigenvalue weighted by Crippen LogP contribution is -2.29. The number of ether oxygens (including phenoxy) is 1. The van der Waals surface area contributed by atoms with Gasteiger partial charge in [0.15, 0.2) is 5.71 Å². The van der Waals surface area contributed by atoms with Gasteiger partial charge in [-0.1, -0.05) is 28.5 Å². The monoisotopic (exact) mass is 383 g/mol. The first-order valence-electron chi connectivity index (χ1n) is 8.74. The summed E-state index contributed by atoms with van der Waals surface area (Å²) in [6, 6.07) is 13.2. The van der Waals surface area contributed by atoms with E-state index in [1.807, 2.05) is 50.2 Å². The van der Waals surface area contributed by atoms with E-state index in [9.17, 15) is 4.79 Å². The number of aryl methyl sites for hydroxylation is 1. The highest BCUT2D eigenvalue weighted by atomic mass is 16.6. The van der Waals surface area contributed by atoms with E-state index in [1.165, 1.54) is 7.11 Å². The SMILES string of the molecule is CNC(=O)/C(=N/OC)c1cccc(C)c1CO/N=C(\C)c1ccc(OC)cc1. The van der Waals surface area contributed by atoms with Gasteiger partial charge in [0.2, 0.25) is 0 Å². The summed E-state index contributed by atoms with van der Waals surface area (Å²) in [7, 11) is 4.57. The Morgan fingerprint density at radius 3 is 2.39 bits per heavy atom. The van der Waals surface area contributed by atoms with Crippen LogP contribution in [-0.4, -0.2) is 38.6 Å². The second kappa shape index (κ2) is 10.1. The zero-order valence-corrected chi connectivity index (χ0v) is 16.8. The van der Waals surface area contributed by atoms with Crippen LogP contribution < -0.4 is 10.1 Å². The van der Waals surface area contributed by atoms with Crippen LogP contribution in [-0.2, 0) is 21.1 Å². The van der Waals surface area contributed by atoms with Crippen LogP contribution in [0.2, 0.25) is 0 Å². The highest BCUT2D eigenvalue weighted by molar-refractivity contribution is 6.45. The van der Waals surface area contributed by atoms with Crippen LogP contribution in [0.1, 0.15) is 29.2 Å². The predicted molar refractivity (Wildman–Crippen MR) is 109 cm³/mol. The Morgan fingerprint density at radius 2 is 1.79 bits per heavy atom. The maximum Gasteiger partial charge on any atom is 0.273 e. The van der Waals surface area contributed by atoms with Crippen molar-refractivity contribution in [1.29, 1.82) is 0 Å². The summed E-state index contributed by atoms with van der Waals surface area (Å²) in [5, 5.41) is 10.6. The van der Waals surface area contributed by atoms with Gasteiger partial charge in [0, 0.05) is 18.2 Å². The normalized spacial score (nSPS) is 11.8. The number of likely N-dealkylation sites (N-methyl/N-ethyl adjacent to an activating group) is 1. The van der Waals surface area contributed by atoms with Gasteiger partial charge in [-0.25, -0.2) is 0 Å². The molecule has 2 rings (SSSR count). The molecule has 2 aromatic carbocycles. The van der Waals surface area contributed by atoms with Gasteiger partial charge in [0.25, 0.3) is 5.91 Å². The lowest BCUT2D eigenvalue weighted by atomic mass is 9.98. The number of nitrogens with one attached hydrogen (secondary N) is 1. The summed E-state index contributed by atoms with van der Waals surface area (Å²) < 4.78 is 5.16. The van der Waals surface area contributed by atoms with Crippen LogP contribution in [0.5, 0.6) is 5.75 Å². The minimum Gasteiger partial charge on any atom is -0.497 e. The first-order chi connectivity index (χ1) is 13.5. The summed E-state index contributed by atoms with van der Waals surface area (Å²) in [4.78, 5) is 22.6. The lowest BCUT2D eigenvalue weighted by Gasteiger charge is -2.13. The minimum absolute atomic E-state index is 0.183. The van der Waals surface area contributed by atoms with Crippen LogP contribution in [0.25, 0.3) is 0 Å². The van der Waals surface area contributed by atoms with Crippen molar-refractivity contribution >= 4 is 17.3 Å². The van der Waals surface area contributed by atoms with Crippen molar-refractivity contribution in [2.45, 2.75) is 20.5 Å². The van der Waals surface area contributed by atoms with Crippen molar-refractivity contribution < 1.29 is 19.2 Å². The third-order valence-electron chi connectivity index (χ3n) is 4.21. The molecule has 0 saturated heterocycles. The Kier molecular flexibility index (Phi) is 7.56. The molecule has 0 spiro atoms. The Morgan fingerprint density at radius 1 is 1.07 bits per heavy atom. The fraction of sp³-hybridized carbons (Fsp3) is 0.286. The molecular weight excluding hydrogens is 358 g/mol. The summed E-state index contributed by atoms with van der Waals surface area (Å²) >= 11 is 0. The van der Waals surface area contributed by atoms with Crippen LogP contribution in [0.4, 0.5) is 0 Å². The molecule has 28 heavy (non-hydrogen) atoms.